The van der Waals surface area contributed by atoms with Gasteiger partial charge in [0.1, 0.15) is 5.60 Å². The van der Waals surface area contributed by atoms with Gasteiger partial charge in [0.05, 0.1) is 0 Å². The molecule has 0 atom stereocenters. The summed E-state index contributed by atoms with van der Waals surface area (Å²) in [4.78, 5) is 10.3. The summed E-state index contributed by atoms with van der Waals surface area (Å²) in [6.45, 7) is 1.24. The van der Waals surface area contributed by atoms with Crippen LogP contribution in [0.4, 0.5) is 0 Å². The predicted octanol–water partition coefficient (Wildman–Crippen LogP) is 1.51. The van der Waals surface area contributed by atoms with Crippen LogP contribution in [-0.2, 0) is 14.3 Å². The van der Waals surface area contributed by atoms with Gasteiger partial charge in [0.2, 0.25) is 0 Å². The lowest BCUT2D eigenvalue weighted by Crippen LogP contribution is -2.29. The Balaban J connectivity index is 2.40. The summed E-state index contributed by atoms with van der Waals surface area (Å²) in [5, 5.41) is 0. The van der Waals surface area contributed by atoms with E-state index >= 15 is 0 Å². The molecule has 12 heavy (non-hydrogen) atoms. The molecule has 0 amide bonds. The van der Waals surface area contributed by atoms with Crippen molar-refractivity contribution in [1.82, 2.24) is 0 Å². The molecular weight excluding hydrogens is 156 g/mol. The molecule has 0 unspecified atom stereocenters. The molecule has 0 aromatic heterocycles. The third-order valence-electron chi connectivity index (χ3n) is 2.57. The minimum Gasteiger partial charge on any atom is -0.461 e. The molecule has 1 aliphatic rings. The van der Waals surface area contributed by atoms with Gasteiger partial charge in [-0.15, -0.1) is 0 Å². The van der Waals surface area contributed by atoms with Crippen molar-refractivity contribution in [2.75, 3.05) is 13.7 Å². The van der Waals surface area contributed by atoms with Crippen molar-refractivity contribution >= 4 is 6.47 Å². The molecule has 0 aromatic carbocycles. The predicted molar refractivity (Wildman–Crippen MR) is 44.8 cm³/mol. The van der Waals surface area contributed by atoms with Crippen molar-refractivity contribution in [3.8, 4) is 0 Å². The van der Waals surface area contributed by atoms with Gasteiger partial charge in [-0.3, -0.25) is 4.79 Å². The summed E-state index contributed by atoms with van der Waals surface area (Å²) >= 11 is 0. The Bertz CT molecular complexity index is 139. The summed E-state index contributed by atoms with van der Waals surface area (Å²) in [7, 11) is 1.67. The molecule has 1 fully saturated rings. The molecule has 0 saturated heterocycles. The van der Waals surface area contributed by atoms with E-state index in [4.69, 9.17) is 9.47 Å². The standard InChI is InChI=1S/C9H16O3/c1-11-7-6-9(12-8-10)4-2-3-5-9/h8H,2-7H2,1H3. The minimum absolute atomic E-state index is 0.197. The first-order chi connectivity index (χ1) is 5.83. The van der Waals surface area contributed by atoms with Crippen LogP contribution in [0.1, 0.15) is 32.1 Å². The summed E-state index contributed by atoms with van der Waals surface area (Å²) in [6, 6.07) is 0. The number of hydrogen-bond donors (Lipinski definition) is 0. The van der Waals surface area contributed by atoms with E-state index in [1.807, 2.05) is 0 Å². The molecule has 0 aromatic rings. The van der Waals surface area contributed by atoms with Crippen LogP contribution in [0.15, 0.2) is 0 Å². The molecule has 1 rings (SSSR count). The summed E-state index contributed by atoms with van der Waals surface area (Å²) in [5.74, 6) is 0. The molecule has 0 aliphatic heterocycles. The fourth-order valence-corrected chi connectivity index (χ4v) is 1.84. The second-order valence-corrected chi connectivity index (χ2v) is 3.35. The lowest BCUT2D eigenvalue weighted by Gasteiger charge is -2.26. The monoisotopic (exact) mass is 172 g/mol. The maximum absolute atomic E-state index is 10.3. The first kappa shape index (κ1) is 9.52. The molecule has 0 heterocycles. The first-order valence-corrected chi connectivity index (χ1v) is 4.43. The largest absolute Gasteiger partial charge is 0.461 e. The van der Waals surface area contributed by atoms with Crippen LogP contribution in [0, 0.1) is 0 Å². The van der Waals surface area contributed by atoms with Crippen LogP contribution in [0.5, 0.6) is 0 Å². The van der Waals surface area contributed by atoms with Crippen molar-refractivity contribution in [2.45, 2.75) is 37.7 Å². The van der Waals surface area contributed by atoms with Gasteiger partial charge >= 0.3 is 0 Å². The molecule has 3 heteroatoms. The average molecular weight is 172 g/mol. The SMILES string of the molecule is COCCC1(OC=O)CCCC1. The fourth-order valence-electron chi connectivity index (χ4n) is 1.84. The topological polar surface area (TPSA) is 35.5 Å². The smallest absolute Gasteiger partial charge is 0.293 e. The molecule has 0 radical (unpaired) electrons. The van der Waals surface area contributed by atoms with Crippen molar-refractivity contribution in [3.63, 3.8) is 0 Å². The zero-order valence-electron chi connectivity index (χ0n) is 7.54. The van der Waals surface area contributed by atoms with Crippen molar-refractivity contribution in [1.29, 1.82) is 0 Å². The third kappa shape index (κ3) is 2.21. The van der Waals surface area contributed by atoms with Crippen molar-refractivity contribution in [3.05, 3.63) is 0 Å². The zero-order valence-corrected chi connectivity index (χ0v) is 7.54. The Kier molecular flexibility index (Phi) is 3.53. The maximum atomic E-state index is 10.3. The molecule has 1 saturated carbocycles. The van der Waals surface area contributed by atoms with E-state index in [-0.39, 0.29) is 5.60 Å². The molecule has 0 bridgehead atoms. The lowest BCUT2D eigenvalue weighted by molar-refractivity contribution is -0.144. The van der Waals surface area contributed by atoms with Crippen LogP contribution in [0.2, 0.25) is 0 Å². The number of methoxy groups -OCH3 is 1. The van der Waals surface area contributed by atoms with Crippen molar-refractivity contribution in [2.24, 2.45) is 0 Å². The molecule has 0 spiro atoms. The van der Waals surface area contributed by atoms with E-state index in [1.54, 1.807) is 7.11 Å². The van der Waals surface area contributed by atoms with Gasteiger partial charge < -0.3 is 9.47 Å². The number of ether oxygens (including phenoxy) is 2. The molecule has 70 valence electrons. The van der Waals surface area contributed by atoms with Crippen LogP contribution in [0.25, 0.3) is 0 Å². The normalized spacial score (nSPS) is 20.8. The Morgan fingerprint density at radius 2 is 2.08 bits per heavy atom. The maximum Gasteiger partial charge on any atom is 0.293 e. The second-order valence-electron chi connectivity index (χ2n) is 3.35. The minimum atomic E-state index is -0.197. The Morgan fingerprint density at radius 3 is 2.58 bits per heavy atom. The number of carbonyl (C=O) groups is 1. The van der Waals surface area contributed by atoms with E-state index < -0.39 is 0 Å². The Labute approximate surface area is 73.0 Å². The van der Waals surface area contributed by atoms with Gasteiger partial charge in [0.15, 0.2) is 0 Å². The highest BCUT2D eigenvalue weighted by molar-refractivity contribution is 5.38. The lowest BCUT2D eigenvalue weighted by atomic mass is 9.98. The number of rotatable bonds is 5. The Morgan fingerprint density at radius 1 is 1.42 bits per heavy atom. The Hall–Kier alpha value is -0.570. The van der Waals surface area contributed by atoms with Gasteiger partial charge in [-0.25, -0.2) is 0 Å². The van der Waals surface area contributed by atoms with E-state index in [1.165, 1.54) is 0 Å². The van der Waals surface area contributed by atoms with Gasteiger partial charge in [-0.05, 0) is 25.7 Å². The molecular formula is C9H16O3. The fraction of sp³-hybridized carbons (Fsp3) is 0.889. The van der Waals surface area contributed by atoms with E-state index in [0.717, 1.165) is 32.1 Å². The summed E-state index contributed by atoms with van der Waals surface area (Å²) in [6.07, 6.45) is 5.15. The van der Waals surface area contributed by atoms with Crippen LogP contribution in [0.3, 0.4) is 0 Å². The van der Waals surface area contributed by atoms with Crippen LogP contribution >= 0.6 is 0 Å². The summed E-state index contributed by atoms with van der Waals surface area (Å²) < 4.78 is 10.1. The first-order valence-electron chi connectivity index (χ1n) is 4.43. The third-order valence-corrected chi connectivity index (χ3v) is 2.57. The average Bonchev–Trinajstić information content (AvgIpc) is 2.51. The van der Waals surface area contributed by atoms with Gasteiger partial charge in [0, 0.05) is 20.1 Å². The second kappa shape index (κ2) is 4.45. The quantitative estimate of drug-likeness (QED) is 0.590. The van der Waals surface area contributed by atoms with E-state index in [9.17, 15) is 4.79 Å². The zero-order chi connectivity index (χ0) is 8.86. The summed E-state index contributed by atoms with van der Waals surface area (Å²) in [5.41, 5.74) is -0.197. The van der Waals surface area contributed by atoms with Crippen LogP contribution < -0.4 is 0 Å². The van der Waals surface area contributed by atoms with E-state index in [0.29, 0.717) is 13.1 Å². The highest BCUT2D eigenvalue weighted by atomic mass is 16.5. The van der Waals surface area contributed by atoms with Crippen LogP contribution in [-0.4, -0.2) is 25.8 Å². The highest BCUT2D eigenvalue weighted by Gasteiger charge is 2.35. The molecule has 1 aliphatic carbocycles. The van der Waals surface area contributed by atoms with Gasteiger partial charge in [-0.2, -0.15) is 0 Å². The van der Waals surface area contributed by atoms with Gasteiger partial charge in [-0.1, -0.05) is 0 Å². The number of carbonyl (C=O) groups excluding carboxylic acids is 1. The van der Waals surface area contributed by atoms with Gasteiger partial charge in [0.25, 0.3) is 6.47 Å². The number of hydrogen-bond acceptors (Lipinski definition) is 3. The molecule has 3 nitrogen and oxygen atoms in total. The highest BCUT2D eigenvalue weighted by Crippen LogP contribution is 2.35. The molecule has 0 N–H and O–H groups in total. The van der Waals surface area contributed by atoms with Crippen molar-refractivity contribution < 1.29 is 14.3 Å². The van der Waals surface area contributed by atoms with E-state index in [2.05, 4.69) is 0 Å².